The van der Waals surface area contributed by atoms with Gasteiger partial charge in [0.2, 0.25) is 17.7 Å². The summed E-state index contributed by atoms with van der Waals surface area (Å²) in [4.78, 5) is 69.1. The van der Waals surface area contributed by atoms with Gasteiger partial charge in [0.25, 0.3) is 0 Å². The summed E-state index contributed by atoms with van der Waals surface area (Å²) in [6.07, 6.45) is 2.20. The molecule has 12 heteroatoms. The van der Waals surface area contributed by atoms with E-state index in [1.165, 1.54) is 0 Å². The molecule has 49 heavy (non-hydrogen) atoms. The number of ketones is 1. The maximum Gasteiger partial charge on any atom is 0.318 e. The number of anilines is 1. The van der Waals surface area contributed by atoms with E-state index in [-0.39, 0.29) is 36.5 Å². The molecule has 0 bridgehead atoms. The van der Waals surface area contributed by atoms with Crippen molar-refractivity contribution >= 4 is 46.8 Å². The SMILES string of the molecule is CC(C)C[C@H](NC(=O)N1CCCC(C(=O)Nc2ccc(Cl)cc2)C1)C(=O)N[C@@H](Cc1ccccc1)C(=O)N[C@@H](CC(C)C)C(=O)[C@@]1(C)CO1. The molecule has 1 unspecified atom stereocenters. The van der Waals surface area contributed by atoms with E-state index in [1.54, 1.807) is 36.1 Å². The van der Waals surface area contributed by atoms with Crippen LogP contribution < -0.4 is 21.3 Å². The minimum atomic E-state index is -1.01. The number of urea groups is 1. The van der Waals surface area contributed by atoms with Gasteiger partial charge >= 0.3 is 6.03 Å². The van der Waals surface area contributed by atoms with Crippen molar-refractivity contribution in [2.45, 2.75) is 90.4 Å². The predicted octanol–water partition coefficient (Wildman–Crippen LogP) is 4.73. The minimum Gasteiger partial charge on any atom is -0.361 e. The molecule has 2 aliphatic rings. The standard InChI is InChI=1S/C37H50ClN5O6/c1-23(2)18-29(32(44)37(5)22-49-37)40-35(47)31(20-25-10-7-6-8-11-25)41-34(46)30(19-24(3)4)42-36(48)43-17-9-12-26(21-43)33(45)39-28-15-13-27(38)14-16-28/h6-8,10-11,13-16,23-24,26,29-31H,9,12,17-22H2,1-5H3,(H,39,45)(H,40,47)(H,41,46)(H,42,48)/t26?,29-,30-,31-,37+/m0/s1. The number of carbonyl (C=O) groups is 5. The molecule has 2 aromatic rings. The summed E-state index contributed by atoms with van der Waals surface area (Å²) in [6.45, 7) is 10.5. The zero-order chi connectivity index (χ0) is 35.7. The number of hydrogen-bond donors (Lipinski definition) is 4. The lowest BCUT2D eigenvalue weighted by Gasteiger charge is -2.33. The summed E-state index contributed by atoms with van der Waals surface area (Å²) in [5, 5.41) is 12.1. The van der Waals surface area contributed by atoms with Crippen LogP contribution in [0.5, 0.6) is 0 Å². The number of amides is 5. The fraction of sp³-hybridized carbons (Fsp3) is 0.541. The molecule has 2 aliphatic heterocycles. The molecule has 5 atom stereocenters. The van der Waals surface area contributed by atoms with E-state index in [2.05, 4.69) is 21.3 Å². The Hall–Kier alpha value is -3.96. The first-order valence-corrected chi connectivity index (χ1v) is 17.6. The van der Waals surface area contributed by atoms with Gasteiger partial charge in [-0.1, -0.05) is 69.6 Å². The Balaban J connectivity index is 1.45. The molecule has 4 N–H and O–H groups in total. The number of epoxide rings is 1. The van der Waals surface area contributed by atoms with Crippen LogP contribution in [0.3, 0.4) is 0 Å². The van der Waals surface area contributed by atoms with Crippen molar-refractivity contribution < 1.29 is 28.7 Å². The molecule has 2 fully saturated rings. The quantitative estimate of drug-likeness (QED) is 0.198. The van der Waals surface area contributed by atoms with E-state index in [1.807, 2.05) is 58.0 Å². The molecule has 2 saturated heterocycles. The van der Waals surface area contributed by atoms with Gasteiger partial charge in [-0.15, -0.1) is 0 Å². The zero-order valence-electron chi connectivity index (χ0n) is 29.1. The minimum absolute atomic E-state index is 0.0454. The third-order valence-corrected chi connectivity index (χ3v) is 9.12. The molecular formula is C37H50ClN5O6. The molecule has 0 radical (unpaired) electrons. The number of rotatable bonds is 15. The molecule has 0 saturated carbocycles. The van der Waals surface area contributed by atoms with E-state index in [9.17, 15) is 24.0 Å². The van der Waals surface area contributed by atoms with E-state index in [4.69, 9.17) is 16.3 Å². The average molecular weight is 696 g/mol. The Morgan fingerprint density at radius 2 is 1.45 bits per heavy atom. The molecule has 0 aromatic heterocycles. The van der Waals surface area contributed by atoms with Crippen molar-refractivity contribution in [2.75, 3.05) is 25.0 Å². The van der Waals surface area contributed by atoms with Crippen LogP contribution >= 0.6 is 11.6 Å². The van der Waals surface area contributed by atoms with Gasteiger partial charge in [-0.25, -0.2) is 4.79 Å². The predicted molar refractivity (Wildman–Crippen MR) is 189 cm³/mol. The number of piperidine rings is 1. The van der Waals surface area contributed by atoms with E-state index in [0.717, 1.165) is 5.56 Å². The molecule has 4 rings (SSSR count). The topological polar surface area (TPSA) is 149 Å². The number of likely N-dealkylation sites (tertiary alicyclic amines) is 1. The van der Waals surface area contributed by atoms with Crippen molar-refractivity contribution in [1.29, 1.82) is 0 Å². The fourth-order valence-electron chi connectivity index (χ4n) is 6.02. The smallest absolute Gasteiger partial charge is 0.318 e. The first kappa shape index (κ1) is 37.9. The highest BCUT2D eigenvalue weighted by Crippen LogP contribution is 2.30. The first-order chi connectivity index (χ1) is 23.2. The van der Waals surface area contributed by atoms with Crippen LogP contribution in [0.1, 0.15) is 65.9 Å². The van der Waals surface area contributed by atoms with Crippen LogP contribution in [0, 0.1) is 17.8 Å². The lowest BCUT2D eigenvalue weighted by molar-refractivity contribution is -0.133. The van der Waals surface area contributed by atoms with Crippen molar-refractivity contribution in [3.63, 3.8) is 0 Å². The number of benzene rings is 2. The van der Waals surface area contributed by atoms with Gasteiger partial charge in [-0.2, -0.15) is 0 Å². The largest absolute Gasteiger partial charge is 0.361 e. The Bertz CT molecular complexity index is 1460. The van der Waals surface area contributed by atoms with Crippen molar-refractivity contribution in [2.24, 2.45) is 17.8 Å². The summed E-state index contributed by atoms with van der Waals surface area (Å²) < 4.78 is 5.39. The number of carbonyl (C=O) groups excluding carboxylic acids is 5. The molecule has 0 aliphatic carbocycles. The second-order valence-electron chi connectivity index (χ2n) is 14.2. The molecule has 5 amide bonds. The Morgan fingerprint density at radius 1 is 0.857 bits per heavy atom. The summed E-state index contributed by atoms with van der Waals surface area (Å²) >= 11 is 5.96. The summed E-state index contributed by atoms with van der Waals surface area (Å²) in [5.74, 6) is -1.62. The number of hydrogen-bond acceptors (Lipinski definition) is 6. The maximum absolute atomic E-state index is 13.9. The zero-order valence-corrected chi connectivity index (χ0v) is 29.8. The molecule has 11 nitrogen and oxygen atoms in total. The third kappa shape index (κ3) is 11.3. The lowest BCUT2D eigenvalue weighted by atomic mass is 9.93. The lowest BCUT2D eigenvalue weighted by Crippen LogP contribution is -2.59. The van der Waals surface area contributed by atoms with Gasteiger partial charge in [0, 0.05) is 30.2 Å². The van der Waals surface area contributed by atoms with Crippen molar-refractivity contribution in [1.82, 2.24) is 20.9 Å². The molecule has 266 valence electrons. The number of Topliss-reactive ketones (excluding diaryl/α,β-unsaturated/α-hetero) is 1. The van der Waals surface area contributed by atoms with Gasteiger partial charge in [0.1, 0.15) is 17.7 Å². The van der Waals surface area contributed by atoms with Crippen LogP contribution in [0.25, 0.3) is 0 Å². The molecule has 2 heterocycles. The monoisotopic (exact) mass is 695 g/mol. The second kappa shape index (κ2) is 17.1. The van der Waals surface area contributed by atoms with Crippen LogP contribution in [-0.4, -0.2) is 77.9 Å². The number of ether oxygens (including phenoxy) is 1. The van der Waals surface area contributed by atoms with E-state index < -0.39 is 47.5 Å². The summed E-state index contributed by atoms with van der Waals surface area (Å²) in [7, 11) is 0. The third-order valence-electron chi connectivity index (χ3n) is 8.87. The van der Waals surface area contributed by atoms with Gasteiger partial charge in [-0.05, 0) is 74.3 Å². The first-order valence-electron chi connectivity index (χ1n) is 17.2. The van der Waals surface area contributed by atoms with Crippen LogP contribution in [0.15, 0.2) is 54.6 Å². The highest BCUT2D eigenvalue weighted by molar-refractivity contribution is 6.30. The van der Waals surface area contributed by atoms with Gasteiger partial charge in [-0.3, -0.25) is 19.2 Å². The average Bonchev–Trinajstić information content (AvgIpc) is 3.82. The number of nitrogens with zero attached hydrogens (tertiary/aromatic N) is 1. The number of nitrogens with one attached hydrogen (secondary N) is 4. The highest BCUT2D eigenvalue weighted by Gasteiger charge is 2.50. The Labute approximate surface area is 294 Å². The van der Waals surface area contributed by atoms with Crippen LogP contribution in [0.4, 0.5) is 10.5 Å². The van der Waals surface area contributed by atoms with E-state index in [0.29, 0.717) is 49.5 Å². The highest BCUT2D eigenvalue weighted by atomic mass is 35.5. The van der Waals surface area contributed by atoms with Crippen molar-refractivity contribution in [3.05, 3.63) is 65.2 Å². The maximum atomic E-state index is 13.9. The van der Waals surface area contributed by atoms with Crippen LogP contribution in [-0.2, 0) is 30.3 Å². The fourth-order valence-corrected chi connectivity index (χ4v) is 6.15. The molecule has 0 spiro atoms. The molecule has 2 aromatic carbocycles. The summed E-state index contributed by atoms with van der Waals surface area (Å²) in [6, 6.07) is 13.0. The van der Waals surface area contributed by atoms with Gasteiger partial charge in [0.05, 0.1) is 18.6 Å². The van der Waals surface area contributed by atoms with Gasteiger partial charge in [0.15, 0.2) is 5.78 Å². The van der Waals surface area contributed by atoms with E-state index >= 15 is 0 Å². The summed E-state index contributed by atoms with van der Waals surface area (Å²) in [5.41, 5.74) is 0.531. The van der Waals surface area contributed by atoms with Gasteiger partial charge < -0.3 is 30.9 Å². The Kier molecular flexibility index (Phi) is 13.2. The van der Waals surface area contributed by atoms with Crippen molar-refractivity contribution in [3.8, 4) is 0 Å². The van der Waals surface area contributed by atoms with Crippen LogP contribution in [0.2, 0.25) is 5.02 Å². The number of halogens is 1. The normalized spacial score (nSPS) is 20.6. The molecular weight excluding hydrogens is 646 g/mol. The Morgan fingerprint density at radius 3 is 2.06 bits per heavy atom. The second-order valence-corrected chi connectivity index (χ2v) is 14.7.